The van der Waals surface area contributed by atoms with E-state index >= 15 is 0 Å². The van der Waals surface area contributed by atoms with Crippen LogP contribution < -0.4 is 14.8 Å². The van der Waals surface area contributed by atoms with Crippen molar-refractivity contribution in [3.63, 3.8) is 0 Å². The molecule has 1 aromatic carbocycles. The molecule has 0 bridgehead atoms. The third-order valence-electron chi connectivity index (χ3n) is 4.11. The molecule has 1 fully saturated rings. The van der Waals surface area contributed by atoms with Crippen molar-refractivity contribution in [1.29, 1.82) is 0 Å². The van der Waals surface area contributed by atoms with Gasteiger partial charge in [-0.2, -0.15) is 0 Å². The Labute approximate surface area is 140 Å². The van der Waals surface area contributed by atoms with Crippen LogP contribution in [0.5, 0.6) is 11.5 Å². The number of ether oxygens (including phenoxy) is 3. The molecular weight excluding hydrogens is 314 g/mol. The maximum Gasteiger partial charge on any atom is 0.240 e. The molecule has 0 aromatic heterocycles. The van der Waals surface area contributed by atoms with Gasteiger partial charge in [-0.3, -0.25) is 10.2 Å². The molecule has 24 heavy (non-hydrogen) atoms. The summed E-state index contributed by atoms with van der Waals surface area (Å²) in [5.74, 6) is 0.998. The Balaban J connectivity index is 1.63. The van der Waals surface area contributed by atoms with Gasteiger partial charge in [0, 0.05) is 31.3 Å². The standard InChI is InChI=1S/C16H23N3O5/c1-22-15-6-12-8-17-11-19(21)14(12)7-16(15)24-10-13(20)9-18-2-4-23-5-3-18/h6-7,11,13,17,20H,2-5,8-10H2,1H3. The molecule has 0 radical (unpaired) electrons. The summed E-state index contributed by atoms with van der Waals surface area (Å²) >= 11 is 0. The van der Waals surface area contributed by atoms with Crippen molar-refractivity contribution < 1.29 is 24.1 Å². The van der Waals surface area contributed by atoms with E-state index in [2.05, 4.69) is 10.2 Å². The minimum absolute atomic E-state index is 0.132. The van der Waals surface area contributed by atoms with Gasteiger partial charge >= 0.3 is 0 Å². The summed E-state index contributed by atoms with van der Waals surface area (Å²) < 4.78 is 17.1. The number of nitrogens with zero attached hydrogens (tertiary/aromatic N) is 2. The van der Waals surface area contributed by atoms with Crippen LogP contribution in [0.4, 0.5) is 5.69 Å². The fraction of sp³-hybridized carbons (Fsp3) is 0.562. The number of rotatable bonds is 6. The van der Waals surface area contributed by atoms with E-state index in [1.165, 1.54) is 6.34 Å². The zero-order valence-corrected chi connectivity index (χ0v) is 13.7. The van der Waals surface area contributed by atoms with Crippen LogP contribution >= 0.6 is 0 Å². The zero-order valence-electron chi connectivity index (χ0n) is 13.7. The molecule has 1 aromatic rings. The monoisotopic (exact) mass is 337 g/mol. The van der Waals surface area contributed by atoms with Crippen molar-refractivity contribution >= 4 is 12.0 Å². The quantitative estimate of drug-likeness (QED) is 0.560. The molecule has 1 unspecified atom stereocenters. The number of aliphatic hydroxyl groups excluding tert-OH is 1. The molecule has 3 rings (SSSR count). The molecule has 2 aliphatic heterocycles. The van der Waals surface area contributed by atoms with Crippen molar-refractivity contribution in [3.8, 4) is 11.5 Å². The molecule has 1 atom stereocenters. The van der Waals surface area contributed by atoms with Gasteiger partial charge in [0.15, 0.2) is 11.5 Å². The van der Waals surface area contributed by atoms with Crippen LogP contribution in [0.2, 0.25) is 0 Å². The van der Waals surface area contributed by atoms with E-state index in [-0.39, 0.29) is 6.61 Å². The summed E-state index contributed by atoms with van der Waals surface area (Å²) in [5, 5.41) is 24.9. The fourth-order valence-corrected chi connectivity index (χ4v) is 2.84. The van der Waals surface area contributed by atoms with Gasteiger partial charge in [-0.1, -0.05) is 0 Å². The van der Waals surface area contributed by atoms with Crippen molar-refractivity contribution in [2.75, 3.05) is 46.6 Å². The lowest BCUT2D eigenvalue weighted by atomic mass is 10.1. The van der Waals surface area contributed by atoms with Crippen LogP contribution in [0.15, 0.2) is 12.1 Å². The fourth-order valence-electron chi connectivity index (χ4n) is 2.84. The van der Waals surface area contributed by atoms with Gasteiger partial charge in [0.2, 0.25) is 6.34 Å². The van der Waals surface area contributed by atoms with E-state index in [4.69, 9.17) is 14.2 Å². The summed E-state index contributed by atoms with van der Waals surface area (Å²) in [5.41, 5.74) is 1.36. The van der Waals surface area contributed by atoms with Gasteiger partial charge in [-0.05, 0) is 6.07 Å². The summed E-state index contributed by atoms with van der Waals surface area (Å²) in [6.45, 7) is 4.23. The van der Waals surface area contributed by atoms with E-state index in [1.54, 1.807) is 19.2 Å². The zero-order chi connectivity index (χ0) is 16.9. The topological polar surface area (TPSA) is 89.3 Å². The number of hydrogen-bond acceptors (Lipinski definition) is 7. The van der Waals surface area contributed by atoms with Crippen molar-refractivity contribution in [1.82, 2.24) is 10.2 Å². The first kappa shape index (κ1) is 16.8. The molecule has 0 aliphatic carbocycles. The molecule has 0 spiro atoms. The third-order valence-corrected chi connectivity index (χ3v) is 4.11. The smallest absolute Gasteiger partial charge is 0.240 e. The third kappa shape index (κ3) is 3.89. The predicted molar refractivity (Wildman–Crippen MR) is 87.9 cm³/mol. The minimum Gasteiger partial charge on any atom is -0.711 e. The Hall–Kier alpha value is -2.03. The number of aliphatic hydroxyl groups is 1. The molecule has 2 N–H and O–H groups in total. The van der Waals surface area contributed by atoms with Crippen LogP contribution in [0.25, 0.3) is 0 Å². The average Bonchev–Trinajstić information content (AvgIpc) is 2.60. The molecule has 2 heterocycles. The maximum atomic E-state index is 11.9. The van der Waals surface area contributed by atoms with Gasteiger partial charge in [0.1, 0.15) is 24.9 Å². The second kappa shape index (κ2) is 7.69. The highest BCUT2D eigenvalue weighted by atomic mass is 16.5. The summed E-state index contributed by atoms with van der Waals surface area (Å²) in [6, 6.07) is 3.43. The lowest BCUT2D eigenvalue weighted by Gasteiger charge is -2.28. The minimum atomic E-state index is -0.625. The van der Waals surface area contributed by atoms with Crippen LogP contribution in [-0.4, -0.2) is 73.8 Å². The van der Waals surface area contributed by atoms with E-state index in [9.17, 15) is 10.3 Å². The van der Waals surface area contributed by atoms with Crippen LogP contribution in [0.1, 0.15) is 5.56 Å². The first-order chi connectivity index (χ1) is 11.7. The average molecular weight is 337 g/mol. The summed E-state index contributed by atoms with van der Waals surface area (Å²) in [7, 11) is 1.55. The molecular formula is C16H23N3O5. The molecule has 0 saturated carbocycles. The van der Waals surface area contributed by atoms with Crippen molar-refractivity contribution in [3.05, 3.63) is 22.9 Å². The Kier molecular flexibility index (Phi) is 5.39. The highest BCUT2D eigenvalue weighted by Crippen LogP contribution is 2.35. The molecule has 1 saturated heterocycles. The van der Waals surface area contributed by atoms with Gasteiger partial charge in [-0.15, -0.1) is 0 Å². The SMILES string of the molecule is COc1cc2c(cc1OCC(O)CN1CCOCC1)[N+]([O-])=CNC2. The molecule has 0 amide bonds. The van der Waals surface area contributed by atoms with E-state index in [0.717, 1.165) is 23.4 Å². The Morgan fingerprint density at radius 2 is 2.17 bits per heavy atom. The van der Waals surface area contributed by atoms with Crippen LogP contribution in [0.3, 0.4) is 0 Å². The first-order valence-corrected chi connectivity index (χ1v) is 8.02. The molecule has 8 nitrogen and oxygen atoms in total. The summed E-state index contributed by atoms with van der Waals surface area (Å²) in [4.78, 5) is 2.14. The van der Waals surface area contributed by atoms with Crippen LogP contribution in [0, 0.1) is 5.21 Å². The highest BCUT2D eigenvalue weighted by Gasteiger charge is 2.20. The Morgan fingerprint density at radius 3 is 2.92 bits per heavy atom. The van der Waals surface area contributed by atoms with E-state index in [1.807, 2.05) is 0 Å². The van der Waals surface area contributed by atoms with Gasteiger partial charge in [0.05, 0.1) is 20.3 Å². The van der Waals surface area contributed by atoms with Crippen molar-refractivity contribution in [2.45, 2.75) is 12.6 Å². The second-order valence-corrected chi connectivity index (χ2v) is 5.85. The molecule has 8 heteroatoms. The molecule has 132 valence electrons. The number of hydrogen-bond donors (Lipinski definition) is 2. The lowest BCUT2D eigenvalue weighted by Crippen LogP contribution is -2.42. The number of fused-ring (bicyclic) bond motifs is 1. The van der Waals surface area contributed by atoms with E-state index < -0.39 is 6.10 Å². The maximum absolute atomic E-state index is 11.9. The number of benzene rings is 1. The Bertz CT molecular complexity index is 602. The van der Waals surface area contributed by atoms with Crippen LogP contribution in [-0.2, 0) is 11.3 Å². The normalized spacial score (nSPS) is 19.0. The van der Waals surface area contributed by atoms with Crippen molar-refractivity contribution in [2.24, 2.45) is 0 Å². The first-order valence-electron chi connectivity index (χ1n) is 8.02. The lowest BCUT2D eigenvalue weighted by molar-refractivity contribution is -0.360. The number of morpholine rings is 1. The Morgan fingerprint density at radius 1 is 1.38 bits per heavy atom. The van der Waals surface area contributed by atoms with Gasteiger partial charge < -0.3 is 24.5 Å². The molecule has 2 aliphatic rings. The largest absolute Gasteiger partial charge is 0.711 e. The summed E-state index contributed by atoms with van der Waals surface area (Å²) in [6.07, 6.45) is 0.742. The number of methoxy groups -OCH3 is 1. The van der Waals surface area contributed by atoms with E-state index in [0.29, 0.717) is 43.5 Å². The van der Waals surface area contributed by atoms with Gasteiger partial charge in [0.25, 0.3) is 0 Å². The van der Waals surface area contributed by atoms with Gasteiger partial charge in [-0.25, -0.2) is 4.74 Å². The predicted octanol–water partition coefficient (Wildman–Crippen LogP) is 0.0404. The highest BCUT2D eigenvalue weighted by molar-refractivity contribution is 5.61. The number of nitrogens with one attached hydrogen (secondary N) is 1. The second-order valence-electron chi connectivity index (χ2n) is 5.85. The number of β-amino-alcohol motifs (C(OH)–C–C–N with tert-alkyl or cyclic N) is 1.